The number of alkyl halides is 3. The number of oxazole rings is 2. The van der Waals surface area contributed by atoms with E-state index in [-0.39, 0.29) is 37.6 Å². The van der Waals surface area contributed by atoms with Gasteiger partial charge in [0.1, 0.15) is 22.9 Å². The number of halogens is 3. The molecule has 0 bridgehead atoms. The van der Waals surface area contributed by atoms with E-state index in [0.717, 1.165) is 73.1 Å². The highest BCUT2D eigenvalue weighted by Gasteiger charge is 2.45. The third-order valence-electron chi connectivity index (χ3n) is 9.91. The van der Waals surface area contributed by atoms with E-state index in [2.05, 4.69) is 29.0 Å². The molecule has 0 spiro atoms. The first kappa shape index (κ1) is 44.5. The first-order valence-corrected chi connectivity index (χ1v) is 21.0. The molecule has 57 heavy (non-hydrogen) atoms. The molecule has 2 aromatic carbocycles. The van der Waals surface area contributed by atoms with E-state index in [1.165, 1.54) is 10.3 Å². The minimum Gasteiger partial charge on any atom is -0.441 e. The van der Waals surface area contributed by atoms with Crippen LogP contribution in [0.25, 0.3) is 22.9 Å². The predicted octanol–water partition coefficient (Wildman–Crippen LogP) is 8.00. The van der Waals surface area contributed by atoms with Gasteiger partial charge in [-0.25, -0.2) is 23.1 Å². The Labute approximate surface area is 333 Å². The molecule has 0 radical (unpaired) electrons. The summed E-state index contributed by atoms with van der Waals surface area (Å²) < 4.78 is 95.5. The van der Waals surface area contributed by atoms with Gasteiger partial charge in [0, 0.05) is 24.2 Å². The van der Waals surface area contributed by atoms with Crippen molar-refractivity contribution in [3.05, 3.63) is 82.6 Å². The van der Waals surface area contributed by atoms with Crippen molar-refractivity contribution < 1.29 is 49.4 Å². The highest BCUT2D eigenvalue weighted by Crippen LogP contribution is 2.29. The molecule has 12 nitrogen and oxygen atoms in total. The van der Waals surface area contributed by atoms with Gasteiger partial charge in [0.05, 0.1) is 50.8 Å². The molecule has 3 N–H and O–H groups in total. The van der Waals surface area contributed by atoms with Crippen molar-refractivity contribution in [2.45, 2.75) is 122 Å². The molecule has 0 unspecified atom stereocenters. The summed E-state index contributed by atoms with van der Waals surface area (Å²) in [6, 6.07) is 16.0. The number of aryl methyl sites for hydroxylation is 4. The van der Waals surface area contributed by atoms with Crippen molar-refractivity contribution in [2.24, 2.45) is 5.73 Å². The summed E-state index contributed by atoms with van der Waals surface area (Å²) in [6.07, 6.45) is 7.43. The number of nitrogens with one attached hydrogen (secondary N) is 1. The lowest BCUT2D eigenvalue weighted by Crippen LogP contribution is -2.39. The van der Waals surface area contributed by atoms with Gasteiger partial charge in [-0.2, -0.15) is 13.2 Å². The Morgan fingerprint density at radius 3 is 1.58 bits per heavy atom. The number of aromatic nitrogens is 2. The quantitative estimate of drug-likeness (QED) is 0.105. The maximum atomic E-state index is 12.3. The van der Waals surface area contributed by atoms with Gasteiger partial charge in [0.15, 0.2) is 0 Å². The fourth-order valence-electron chi connectivity index (χ4n) is 6.85. The highest BCUT2D eigenvalue weighted by atomic mass is 32.2. The van der Waals surface area contributed by atoms with Crippen LogP contribution in [0.15, 0.2) is 57.4 Å². The smallest absolute Gasteiger partial charge is 0.441 e. The van der Waals surface area contributed by atoms with Crippen LogP contribution in [0.2, 0.25) is 0 Å². The Morgan fingerprint density at radius 1 is 0.719 bits per heavy atom. The van der Waals surface area contributed by atoms with E-state index in [9.17, 15) is 21.6 Å². The van der Waals surface area contributed by atoms with Crippen molar-refractivity contribution in [3.63, 3.8) is 0 Å². The van der Waals surface area contributed by atoms with Gasteiger partial charge in [-0.3, -0.25) is 0 Å². The molecule has 2 heterocycles. The van der Waals surface area contributed by atoms with Crippen molar-refractivity contribution in [1.82, 2.24) is 14.7 Å². The first-order valence-electron chi connectivity index (χ1n) is 19.5. The molecule has 6 rings (SSSR count). The lowest BCUT2D eigenvalue weighted by Gasteiger charge is -2.29. The molecule has 0 aliphatic heterocycles. The van der Waals surface area contributed by atoms with Gasteiger partial charge in [-0.15, -0.1) is 0 Å². The molecular formula is C41H55F3N4O8S. The molecule has 2 aliphatic rings. The van der Waals surface area contributed by atoms with Gasteiger partial charge in [-0.05, 0) is 103 Å². The summed E-state index contributed by atoms with van der Waals surface area (Å²) in [5, 5.41) is 0. The van der Waals surface area contributed by atoms with Crippen LogP contribution in [0.3, 0.4) is 0 Å². The Hall–Kier alpha value is -3.64. The van der Waals surface area contributed by atoms with Crippen LogP contribution >= 0.6 is 0 Å². The highest BCUT2D eigenvalue weighted by molar-refractivity contribution is 7.90. The van der Waals surface area contributed by atoms with E-state index in [0.29, 0.717) is 49.4 Å². The van der Waals surface area contributed by atoms with E-state index >= 15 is 0 Å². The summed E-state index contributed by atoms with van der Waals surface area (Å²) in [7, 11) is -5.35. The van der Waals surface area contributed by atoms with Gasteiger partial charge in [0.25, 0.3) is 0 Å². The maximum absolute atomic E-state index is 12.3. The number of nitrogens with zero attached hydrogens (tertiary/aromatic N) is 2. The second kappa shape index (κ2) is 20.9. The lowest BCUT2D eigenvalue weighted by molar-refractivity contribution is -0.0513. The maximum Gasteiger partial charge on any atom is 0.511 e. The largest absolute Gasteiger partial charge is 0.511 e. The second-order valence-corrected chi connectivity index (χ2v) is 16.4. The average molecular weight is 821 g/mol. The molecule has 2 aliphatic carbocycles. The van der Waals surface area contributed by atoms with Gasteiger partial charge in [0.2, 0.25) is 11.8 Å². The Kier molecular flexibility index (Phi) is 16.3. The van der Waals surface area contributed by atoms with Crippen LogP contribution in [-0.4, -0.2) is 74.6 Å². The predicted molar refractivity (Wildman–Crippen MR) is 208 cm³/mol. The topological polar surface area (TPSA) is 161 Å². The molecule has 0 saturated heterocycles. The third-order valence-corrected chi connectivity index (χ3v) is 11.1. The minimum absolute atomic E-state index is 0.0841. The number of benzene rings is 2. The molecule has 16 heteroatoms. The molecule has 314 valence electrons. The SMILES string of the molecule is Cc1cccc(-c2nc(CO[C@H]3CCC[C@@H](OCCN)C3)c(C)o2)c1.Cc1cccc(-c2nc(CO[C@H]3CCC[C@@H](OCCNS(=O)(=O)C(F)(F)F)C3)c(C)o2)c1. The Balaban J connectivity index is 0.000000224. The van der Waals surface area contributed by atoms with Crippen LogP contribution in [0.5, 0.6) is 0 Å². The average Bonchev–Trinajstić information content (AvgIpc) is 3.75. The van der Waals surface area contributed by atoms with Crippen LogP contribution < -0.4 is 10.5 Å². The molecule has 4 aromatic rings. The van der Waals surface area contributed by atoms with E-state index in [4.69, 9.17) is 33.5 Å². The zero-order valence-corrected chi connectivity index (χ0v) is 33.9. The van der Waals surface area contributed by atoms with Crippen LogP contribution in [0, 0.1) is 27.7 Å². The zero-order valence-electron chi connectivity index (χ0n) is 33.1. The minimum atomic E-state index is -5.35. The normalized spacial score (nSPS) is 20.3. The third kappa shape index (κ3) is 13.5. The van der Waals surface area contributed by atoms with E-state index in [1.807, 2.05) is 57.2 Å². The summed E-state index contributed by atoms with van der Waals surface area (Å²) in [4.78, 5) is 9.18. The summed E-state index contributed by atoms with van der Waals surface area (Å²) >= 11 is 0. The van der Waals surface area contributed by atoms with E-state index in [1.54, 1.807) is 0 Å². The molecule has 0 amide bonds. The fraction of sp³-hybridized carbons (Fsp3) is 0.561. The fourth-order valence-corrected chi connectivity index (χ4v) is 7.36. The Bertz CT molecular complexity index is 1970. The second-order valence-electron chi connectivity index (χ2n) is 14.6. The lowest BCUT2D eigenvalue weighted by atomic mass is 9.95. The van der Waals surface area contributed by atoms with Crippen LogP contribution in [0.4, 0.5) is 13.2 Å². The molecule has 2 saturated carbocycles. The Morgan fingerprint density at radius 2 is 1.16 bits per heavy atom. The number of hydrogen-bond acceptors (Lipinski definition) is 11. The molecular weight excluding hydrogens is 766 g/mol. The number of nitrogens with two attached hydrogens (primary N) is 1. The standard InChI is InChI=1S/C21H27F3N2O5S.C20H28N2O3/c1-14-5-3-6-16(11-14)20-26-19(15(2)31-20)13-30-18-8-4-7-17(12-18)29-10-9-25-32(27,28)21(22,23)24;1-14-5-3-6-16(11-14)20-22-19(15(2)25-20)13-24-18-8-4-7-17(12-18)23-10-9-21/h3,5-6,11,17-18,25H,4,7-10,12-13H2,1-2H3;3,5-6,11,17-18H,4,7-10,12-13,21H2,1-2H3/t2*17-,18+/m11/s1. The molecule has 2 fully saturated rings. The van der Waals surface area contributed by atoms with Crippen LogP contribution in [0.1, 0.15) is 85.4 Å². The monoisotopic (exact) mass is 820 g/mol. The van der Waals surface area contributed by atoms with Gasteiger partial charge >= 0.3 is 15.5 Å². The molecule has 4 atom stereocenters. The zero-order chi connectivity index (χ0) is 41.0. The van der Waals surface area contributed by atoms with E-state index < -0.39 is 22.1 Å². The van der Waals surface area contributed by atoms with Crippen molar-refractivity contribution in [1.29, 1.82) is 0 Å². The summed E-state index contributed by atoms with van der Waals surface area (Å²) in [5.41, 5.74) is 5.98. The summed E-state index contributed by atoms with van der Waals surface area (Å²) in [6.45, 7) is 9.21. The summed E-state index contributed by atoms with van der Waals surface area (Å²) in [5.74, 6) is 2.70. The van der Waals surface area contributed by atoms with Crippen molar-refractivity contribution >= 4 is 10.0 Å². The van der Waals surface area contributed by atoms with Crippen molar-refractivity contribution in [2.75, 3.05) is 26.3 Å². The number of hydrogen-bond donors (Lipinski definition) is 2. The number of sulfonamides is 1. The van der Waals surface area contributed by atoms with Crippen LogP contribution in [-0.2, 0) is 42.2 Å². The van der Waals surface area contributed by atoms with Gasteiger partial charge in [-0.1, -0.05) is 35.4 Å². The number of ether oxygens (including phenoxy) is 4. The number of rotatable bonds is 16. The van der Waals surface area contributed by atoms with Gasteiger partial charge < -0.3 is 33.5 Å². The van der Waals surface area contributed by atoms with Crippen molar-refractivity contribution in [3.8, 4) is 22.9 Å². The first-order chi connectivity index (χ1) is 27.2. The molecule has 2 aromatic heterocycles.